The molecule has 0 fully saturated rings. The lowest BCUT2D eigenvalue weighted by molar-refractivity contribution is 0.344. The molecule has 0 heterocycles. The predicted octanol–water partition coefficient (Wildman–Crippen LogP) is 0.924. The van der Waals surface area contributed by atoms with E-state index in [0.29, 0.717) is 13.1 Å². The fourth-order valence-electron chi connectivity index (χ4n) is 0.799. The van der Waals surface area contributed by atoms with Crippen LogP contribution in [0.15, 0.2) is 12.7 Å². The highest BCUT2D eigenvalue weighted by Gasteiger charge is 1.90. The van der Waals surface area contributed by atoms with Gasteiger partial charge in [0, 0.05) is 6.54 Å². The first-order chi connectivity index (χ1) is 5.16. The Balaban J connectivity index is 3.16. The highest BCUT2D eigenvalue weighted by atomic mass is 16.5. The van der Waals surface area contributed by atoms with Gasteiger partial charge >= 0.3 is 0 Å². The van der Waals surface area contributed by atoms with Gasteiger partial charge in [0.1, 0.15) is 0 Å². The number of nitrogens with zero attached hydrogens (tertiary/aromatic N) is 2. The maximum absolute atomic E-state index is 10.9. The van der Waals surface area contributed by atoms with Crippen molar-refractivity contribution in [1.29, 1.82) is 0 Å². The number of hydrogen-bond donors (Lipinski definition) is 0. The van der Waals surface area contributed by atoms with Gasteiger partial charge in [0.2, 0.25) is 0 Å². The third kappa shape index (κ3) is 7.52. The monoisotopic (exact) mass is 157 g/mol. The van der Waals surface area contributed by atoms with Crippen molar-refractivity contribution < 1.29 is 0 Å². The van der Waals surface area contributed by atoms with Crippen molar-refractivity contribution in [3.8, 4) is 0 Å². The first kappa shape index (κ1) is 10.6. The van der Waals surface area contributed by atoms with E-state index < -0.39 is 0 Å². The maximum atomic E-state index is 10.9. The Bertz CT molecular complexity index is 104. The summed E-state index contributed by atoms with van der Waals surface area (Å²) in [7, 11) is 4.01. The standard InChI is InChI=1S/C8H17N2O/c1-4-6-10(11)8-5-7-9(2)3/h4H,1,5-8H2,2-3H3/q-1. The second-order valence-corrected chi connectivity index (χ2v) is 2.83. The Morgan fingerprint density at radius 2 is 2.00 bits per heavy atom. The van der Waals surface area contributed by atoms with E-state index in [4.69, 9.17) is 0 Å². The molecule has 0 aromatic rings. The van der Waals surface area contributed by atoms with E-state index >= 15 is 0 Å². The Labute approximate surface area is 68.9 Å². The summed E-state index contributed by atoms with van der Waals surface area (Å²) in [4.78, 5) is 2.07. The van der Waals surface area contributed by atoms with Gasteiger partial charge < -0.3 is 15.2 Å². The van der Waals surface area contributed by atoms with Gasteiger partial charge in [-0.25, -0.2) is 0 Å². The topological polar surface area (TPSA) is 29.5 Å². The lowest BCUT2D eigenvalue weighted by Gasteiger charge is -2.26. The largest absolute Gasteiger partial charge is 0.785 e. The van der Waals surface area contributed by atoms with Crippen LogP contribution in [0.4, 0.5) is 0 Å². The molecule has 0 aromatic heterocycles. The van der Waals surface area contributed by atoms with Crippen molar-refractivity contribution in [2.75, 3.05) is 33.7 Å². The highest BCUT2D eigenvalue weighted by Crippen LogP contribution is 1.89. The average Bonchev–Trinajstić information content (AvgIpc) is 1.87. The lowest BCUT2D eigenvalue weighted by atomic mass is 10.4. The predicted molar refractivity (Wildman–Crippen MR) is 48.3 cm³/mol. The molecule has 0 unspecified atom stereocenters. The molecule has 0 aliphatic heterocycles. The van der Waals surface area contributed by atoms with E-state index in [9.17, 15) is 5.21 Å². The van der Waals surface area contributed by atoms with E-state index in [1.54, 1.807) is 6.08 Å². The zero-order chi connectivity index (χ0) is 8.69. The van der Waals surface area contributed by atoms with E-state index in [-0.39, 0.29) is 0 Å². The Kier molecular flexibility index (Phi) is 6.12. The van der Waals surface area contributed by atoms with Gasteiger partial charge in [-0.2, -0.15) is 0 Å². The summed E-state index contributed by atoms with van der Waals surface area (Å²) in [6, 6.07) is 0. The summed E-state index contributed by atoms with van der Waals surface area (Å²) in [6.45, 7) is 5.50. The van der Waals surface area contributed by atoms with E-state index in [2.05, 4.69) is 11.5 Å². The Morgan fingerprint density at radius 3 is 2.45 bits per heavy atom. The summed E-state index contributed by atoms with van der Waals surface area (Å²) in [6.07, 6.45) is 2.55. The molecule has 0 spiro atoms. The van der Waals surface area contributed by atoms with Gasteiger partial charge in [-0.15, -0.1) is 6.58 Å². The van der Waals surface area contributed by atoms with Crippen molar-refractivity contribution in [2.45, 2.75) is 6.42 Å². The molecule has 0 saturated carbocycles. The summed E-state index contributed by atoms with van der Waals surface area (Å²) in [5, 5.41) is 11.9. The molecule has 0 saturated heterocycles. The van der Waals surface area contributed by atoms with Gasteiger partial charge in [0.25, 0.3) is 0 Å². The summed E-state index contributed by atoms with van der Waals surface area (Å²) < 4.78 is 0. The minimum absolute atomic E-state index is 0.438. The number of rotatable bonds is 6. The van der Waals surface area contributed by atoms with Crippen LogP contribution in [0.3, 0.4) is 0 Å². The van der Waals surface area contributed by atoms with Crippen LogP contribution in [-0.4, -0.2) is 43.7 Å². The molecule has 0 radical (unpaired) electrons. The average molecular weight is 157 g/mol. The van der Waals surface area contributed by atoms with Crippen molar-refractivity contribution >= 4 is 0 Å². The quantitative estimate of drug-likeness (QED) is 0.424. The van der Waals surface area contributed by atoms with Crippen molar-refractivity contribution in [2.24, 2.45) is 0 Å². The molecule has 3 nitrogen and oxygen atoms in total. The fraction of sp³-hybridized carbons (Fsp3) is 0.750. The molecule has 11 heavy (non-hydrogen) atoms. The van der Waals surface area contributed by atoms with Gasteiger partial charge in [-0.1, -0.05) is 6.08 Å². The molecule has 0 amide bonds. The molecular formula is C8H17N2O-. The molecule has 0 aliphatic rings. The summed E-state index contributed by atoms with van der Waals surface area (Å²) in [5.41, 5.74) is 0. The molecule has 0 N–H and O–H groups in total. The third-order valence-corrected chi connectivity index (χ3v) is 1.35. The van der Waals surface area contributed by atoms with E-state index in [1.165, 1.54) is 0 Å². The summed E-state index contributed by atoms with van der Waals surface area (Å²) >= 11 is 0. The van der Waals surface area contributed by atoms with Crippen LogP contribution >= 0.6 is 0 Å². The minimum Gasteiger partial charge on any atom is -0.785 e. The lowest BCUT2D eigenvalue weighted by Crippen LogP contribution is -2.22. The zero-order valence-electron chi connectivity index (χ0n) is 7.42. The Hall–Kier alpha value is -0.380. The van der Waals surface area contributed by atoms with Crippen LogP contribution in [0.5, 0.6) is 0 Å². The second-order valence-electron chi connectivity index (χ2n) is 2.83. The van der Waals surface area contributed by atoms with Crippen molar-refractivity contribution in [3.63, 3.8) is 0 Å². The minimum atomic E-state index is 0.438. The molecule has 0 bridgehead atoms. The molecular weight excluding hydrogens is 140 g/mol. The second kappa shape index (κ2) is 6.34. The molecule has 0 atom stereocenters. The van der Waals surface area contributed by atoms with Crippen LogP contribution in [0.2, 0.25) is 0 Å². The fourth-order valence-corrected chi connectivity index (χ4v) is 0.799. The van der Waals surface area contributed by atoms with E-state index in [1.807, 2.05) is 14.1 Å². The van der Waals surface area contributed by atoms with Crippen LogP contribution in [0, 0.1) is 5.21 Å². The van der Waals surface area contributed by atoms with Crippen LogP contribution in [-0.2, 0) is 0 Å². The van der Waals surface area contributed by atoms with Gasteiger partial charge in [0.05, 0.1) is 0 Å². The molecule has 3 heteroatoms. The SMILES string of the molecule is C=CCN([O-])CCCN(C)C. The Morgan fingerprint density at radius 1 is 1.36 bits per heavy atom. The third-order valence-electron chi connectivity index (χ3n) is 1.35. The molecule has 0 aliphatic carbocycles. The van der Waals surface area contributed by atoms with Gasteiger partial charge in [-0.3, -0.25) is 0 Å². The first-order valence-electron chi connectivity index (χ1n) is 3.84. The van der Waals surface area contributed by atoms with Crippen molar-refractivity contribution in [3.05, 3.63) is 17.9 Å². The van der Waals surface area contributed by atoms with Crippen LogP contribution in [0.1, 0.15) is 6.42 Å². The summed E-state index contributed by atoms with van der Waals surface area (Å²) in [5.74, 6) is 0. The normalized spacial score (nSPS) is 11.0. The van der Waals surface area contributed by atoms with Crippen molar-refractivity contribution in [1.82, 2.24) is 9.96 Å². The van der Waals surface area contributed by atoms with Gasteiger partial charge in [0.15, 0.2) is 0 Å². The smallest absolute Gasteiger partial charge is 0.00394 e. The molecule has 0 rings (SSSR count). The first-order valence-corrected chi connectivity index (χ1v) is 3.84. The zero-order valence-corrected chi connectivity index (χ0v) is 7.42. The van der Waals surface area contributed by atoms with Crippen LogP contribution < -0.4 is 0 Å². The van der Waals surface area contributed by atoms with Crippen LogP contribution in [0.25, 0.3) is 0 Å². The van der Waals surface area contributed by atoms with Gasteiger partial charge in [-0.05, 0) is 33.6 Å². The highest BCUT2D eigenvalue weighted by molar-refractivity contribution is 4.73. The number of hydrogen-bond acceptors (Lipinski definition) is 3. The van der Waals surface area contributed by atoms with E-state index in [0.717, 1.165) is 18.0 Å². The molecule has 66 valence electrons. The molecule has 0 aromatic carbocycles. The number of hydroxylamine groups is 2. The maximum Gasteiger partial charge on any atom is 0.00394 e.